The van der Waals surface area contributed by atoms with Gasteiger partial charge >= 0.3 is 5.97 Å². The zero-order valence-corrected chi connectivity index (χ0v) is 6.23. The van der Waals surface area contributed by atoms with E-state index in [0.29, 0.717) is 12.5 Å². The lowest BCUT2D eigenvalue weighted by molar-refractivity contribution is -0.148. The Labute approximate surface area is 60.0 Å². The van der Waals surface area contributed by atoms with Gasteiger partial charge in [0, 0.05) is 0 Å². The fraction of sp³-hybridized carbons (Fsp3) is 0.833. The zero-order valence-electron chi connectivity index (χ0n) is 5.33. The van der Waals surface area contributed by atoms with Crippen molar-refractivity contribution >= 4 is 18.6 Å². The molecule has 0 N–H and O–H groups in total. The van der Waals surface area contributed by atoms with Gasteiger partial charge in [0.2, 0.25) is 0 Å². The Balaban J connectivity index is 2.44. The average molecular weight is 146 g/mol. The van der Waals surface area contributed by atoms with Crippen molar-refractivity contribution in [3.8, 4) is 0 Å². The molecule has 1 aliphatic heterocycles. The Morgan fingerprint density at radius 3 is 2.89 bits per heavy atom. The molecule has 0 saturated carbocycles. The number of ether oxygens (including phenoxy) is 1. The van der Waals surface area contributed by atoms with E-state index in [1.54, 1.807) is 0 Å². The van der Waals surface area contributed by atoms with Crippen LogP contribution in [0, 0.1) is 5.92 Å². The second kappa shape index (κ2) is 2.60. The van der Waals surface area contributed by atoms with Crippen molar-refractivity contribution < 1.29 is 9.53 Å². The van der Waals surface area contributed by atoms with Crippen LogP contribution in [-0.2, 0) is 9.53 Å². The molecule has 1 aliphatic rings. The van der Waals surface area contributed by atoms with Crippen LogP contribution in [0.3, 0.4) is 0 Å². The van der Waals surface area contributed by atoms with E-state index in [9.17, 15) is 4.79 Å². The summed E-state index contributed by atoms with van der Waals surface area (Å²) >= 11 is 4.04. The van der Waals surface area contributed by atoms with Gasteiger partial charge in [-0.15, -0.1) is 0 Å². The van der Waals surface area contributed by atoms with Crippen LogP contribution in [0.5, 0.6) is 0 Å². The van der Waals surface area contributed by atoms with Crippen molar-refractivity contribution in [2.75, 3.05) is 6.61 Å². The van der Waals surface area contributed by atoms with Crippen LogP contribution in [0.25, 0.3) is 0 Å². The van der Waals surface area contributed by atoms with Crippen LogP contribution in [-0.4, -0.2) is 17.8 Å². The third-order valence-electron chi connectivity index (χ3n) is 1.41. The van der Waals surface area contributed by atoms with Gasteiger partial charge in [0.25, 0.3) is 0 Å². The third-order valence-corrected chi connectivity index (χ3v) is 1.83. The van der Waals surface area contributed by atoms with Crippen LogP contribution in [0.1, 0.15) is 13.3 Å². The van der Waals surface area contributed by atoms with Gasteiger partial charge in [-0.05, 0) is 12.3 Å². The smallest absolute Gasteiger partial charge is 0.318 e. The molecule has 0 spiro atoms. The molecule has 0 aromatic heterocycles. The normalized spacial score (nSPS) is 36.0. The lowest BCUT2D eigenvalue weighted by Gasteiger charge is -2.21. The molecule has 0 amide bonds. The standard InChI is InChI=1S/C6H10O2S/c1-4-2-5(9)6(7)8-3-4/h4-5,9H,2-3H2,1H3. The predicted molar refractivity (Wildman–Crippen MR) is 37.5 cm³/mol. The first-order valence-corrected chi connectivity index (χ1v) is 3.56. The molecule has 2 nitrogen and oxygen atoms in total. The first kappa shape index (κ1) is 6.93. The van der Waals surface area contributed by atoms with Gasteiger partial charge in [0.1, 0.15) is 0 Å². The van der Waals surface area contributed by atoms with Crippen LogP contribution in [0.2, 0.25) is 0 Å². The molecular weight excluding hydrogens is 136 g/mol. The fourth-order valence-corrected chi connectivity index (χ4v) is 1.30. The Morgan fingerprint density at radius 1 is 1.78 bits per heavy atom. The van der Waals surface area contributed by atoms with Crippen molar-refractivity contribution in [3.05, 3.63) is 0 Å². The minimum absolute atomic E-state index is 0.170. The molecule has 1 saturated heterocycles. The first-order chi connectivity index (χ1) is 4.20. The van der Waals surface area contributed by atoms with Gasteiger partial charge in [0.15, 0.2) is 0 Å². The molecule has 0 aromatic rings. The summed E-state index contributed by atoms with van der Waals surface area (Å²) in [5, 5.41) is -0.186. The largest absolute Gasteiger partial charge is 0.465 e. The summed E-state index contributed by atoms with van der Waals surface area (Å²) in [5.74, 6) is 0.307. The maximum Gasteiger partial charge on any atom is 0.318 e. The summed E-state index contributed by atoms with van der Waals surface area (Å²) in [4.78, 5) is 10.6. The Morgan fingerprint density at radius 2 is 2.44 bits per heavy atom. The Bertz CT molecular complexity index is 124. The van der Waals surface area contributed by atoms with E-state index in [-0.39, 0.29) is 11.2 Å². The topological polar surface area (TPSA) is 26.3 Å². The van der Waals surface area contributed by atoms with Crippen LogP contribution in [0.15, 0.2) is 0 Å². The number of hydrogen-bond acceptors (Lipinski definition) is 3. The van der Waals surface area contributed by atoms with Gasteiger partial charge in [0.05, 0.1) is 11.9 Å². The highest BCUT2D eigenvalue weighted by atomic mass is 32.1. The van der Waals surface area contributed by atoms with Gasteiger partial charge < -0.3 is 4.74 Å². The maximum atomic E-state index is 10.6. The molecule has 1 rings (SSSR count). The van der Waals surface area contributed by atoms with Crippen molar-refractivity contribution in [1.29, 1.82) is 0 Å². The highest BCUT2D eigenvalue weighted by Crippen LogP contribution is 2.18. The van der Waals surface area contributed by atoms with Crippen LogP contribution in [0.4, 0.5) is 0 Å². The van der Waals surface area contributed by atoms with Crippen molar-refractivity contribution in [3.63, 3.8) is 0 Å². The Kier molecular flexibility index (Phi) is 2.01. The summed E-state index contributed by atoms with van der Waals surface area (Å²) in [7, 11) is 0. The molecule has 0 radical (unpaired) electrons. The van der Waals surface area contributed by atoms with E-state index < -0.39 is 0 Å². The molecule has 0 aromatic carbocycles. The molecule has 2 atom stereocenters. The molecule has 0 bridgehead atoms. The average Bonchev–Trinajstić information content (AvgIpc) is 1.80. The molecule has 52 valence electrons. The summed E-state index contributed by atoms with van der Waals surface area (Å²) in [5.41, 5.74) is 0. The molecule has 0 aliphatic carbocycles. The SMILES string of the molecule is CC1COC(=O)C(S)C1. The summed E-state index contributed by atoms with van der Waals surface area (Å²) in [6, 6.07) is 0. The van der Waals surface area contributed by atoms with Crippen LogP contribution >= 0.6 is 12.6 Å². The minimum atomic E-state index is -0.186. The number of carbonyl (C=O) groups excluding carboxylic acids is 1. The van der Waals surface area contributed by atoms with E-state index >= 15 is 0 Å². The van der Waals surface area contributed by atoms with Crippen LogP contribution < -0.4 is 0 Å². The van der Waals surface area contributed by atoms with E-state index in [1.807, 2.05) is 0 Å². The summed E-state index contributed by atoms with van der Waals surface area (Å²) < 4.78 is 4.79. The number of thiol groups is 1. The Hall–Kier alpha value is -0.180. The lowest BCUT2D eigenvalue weighted by Crippen LogP contribution is -2.29. The van der Waals surface area contributed by atoms with E-state index in [1.165, 1.54) is 0 Å². The molecule has 1 heterocycles. The van der Waals surface area contributed by atoms with Crippen molar-refractivity contribution in [2.45, 2.75) is 18.6 Å². The highest BCUT2D eigenvalue weighted by Gasteiger charge is 2.24. The fourth-order valence-electron chi connectivity index (χ4n) is 0.866. The summed E-state index contributed by atoms with van der Waals surface area (Å²) in [6.45, 7) is 2.62. The maximum absolute atomic E-state index is 10.6. The van der Waals surface area contributed by atoms with Crippen molar-refractivity contribution in [1.82, 2.24) is 0 Å². The molecule has 1 fully saturated rings. The third kappa shape index (κ3) is 1.61. The number of carbonyl (C=O) groups is 1. The molecule has 2 unspecified atom stereocenters. The zero-order chi connectivity index (χ0) is 6.85. The number of hydrogen-bond donors (Lipinski definition) is 1. The van der Waals surface area contributed by atoms with E-state index in [2.05, 4.69) is 19.6 Å². The predicted octanol–water partition coefficient (Wildman–Crippen LogP) is 0.868. The second-order valence-electron chi connectivity index (χ2n) is 2.49. The first-order valence-electron chi connectivity index (χ1n) is 3.05. The lowest BCUT2D eigenvalue weighted by atomic mass is 10.0. The quantitative estimate of drug-likeness (QED) is 0.405. The number of cyclic esters (lactones) is 1. The molecule has 9 heavy (non-hydrogen) atoms. The van der Waals surface area contributed by atoms with E-state index in [0.717, 1.165) is 6.42 Å². The number of esters is 1. The molecular formula is C6H10O2S. The highest BCUT2D eigenvalue weighted by molar-refractivity contribution is 7.81. The minimum Gasteiger partial charge on any atom is -0.465 e. The molecule has 3 heteroatoms. The van der Waals surface area contributed by atoms with E-state index in [4.69, 9.17) is 4.74 Å². The van der Waals surface area contributed by atoms with Gasteiger partial charge in [-0.3, -0.25) is 4.79 Å². The monoisotopic (exact) mass is 146 g/mol. The van der Waals surface area contributed by atoms with Gasteiger partial charge in [-0.25, -0.2) is 0 Å². The van der Waals surface area contributed by atoms with Gasteiger partial charge in [-0.1, -0.05) is 6.92 Å². The summed E-state index contributed by atoms with van der Waals surface area (Å²) in [6.07, 6.45) is 0.849. The second-order valence-corrected chi connectivity index (χ2v) is 3.11. The number of rotatable bonds is 0. The van der Waals surface area contributed by atoms with Crippen molar-refractivity contribution in [2.24, 2.45) is 5.92 Å². The van der Waals surface area contributed by atoms with Gasteiger partial charge in [-0.2, -0.15) is 12.6 Å².